The highest BCUT2D eigenvalue weighted by Gasteiger charge is 2.09. The van der Waals surface area contributed by atoms with Crippen molar-refractivity contribution in [2.75, 3.05) is 13.2 Å². The lowest BCUT2D eigenvalue weighted by Gasteiger charge is -2.11. The van der Waals surface area contributed by atoms with Gasteiger partial charge in [-0.15, -0.1) is 0 Å². The standard InChI is InChI=1S/C14H19NO2/c1-2-3-10-17-14-6-4-12(5-7-14)13(11-16)8-9-15/h4-7,13,16H,2-3,8,10-11H2,1H3/t13-/m0/s1. The Labute approximate surface area is 103 Å². The monoisotopic (exact) mass is 233 g/mol. The van der Waals surface area contributed by atoms with Gasteiger partial charge < -0.3 is 9.84 Å². The minimum atomic E-state index is -0.0929. The Balaban J connectivity index is 2.57. The Kier molecular flexibility index (Phi) is 6.13. The summed E-state index contributed by atoms with van der Waals surface area (Å²) >= 11 is 0. The smallest absolute Gasteiger partial charge is 0.119 e. The summed E-state index contributed by atoms with van der Waals surface area (Å²) < 4.78 is 5.55. The van der Waals surface area contributed by atoms with E-state index in [2.05, 4.69) is 13.0 Å². The Morgan fingerprint density at radius 3 is 2.59 bits per heavy atom. The van der Waals surface area contributed by atoms with Crippen molar-refractivity contribution in [2.45, 2.75) is 32.1 Å². The summed E-state index contributed by atoms with van der Waals surface area (Å²) in [5.41, 5.74) is 0.983. The van der Waals surface area contributed by atoms with Gasteiger partial charge in [0.1, 0.15) is 5.75 Å². The highest BCUT2D eigenvalue weighted by molar-refractivity contribution is 5.30. The summed E-state index contributed by atoms with van der Waals surface area (Å²) in [5.74, 6) is 0.750. The van der Waals surface area contributed by atoms with Crippen LogP contribution in [0.1, 0.15) is 37.7 Å². The van der Waals surface area contributed by atoms with Gasteiger partial charge in [0.2, 0.25) is 0 Å². The first-order chi connectivity index (χ1) is 8.31. The molecule has 0 saturated heterocycles. The molecule has 1 rings (SSSR count). The molecular formula is C14H19NO2. The van der Waals surface area contributed by atoms with Gasteiger partial charge in [-0.2, -0.15) is 5.26 Å². The molecule has 0 saturated carbocycles. The molecular weight excluding hydrogens is 214 g/mol. The van der Waals surface area contributed by atoms with Gasteiger partial charge >= 0.3 is 0 Å². The molecule has 0 heterocycles. The molecule has 0 fully saturated rings. The fraction of sp³-hybridized carbons (Fsp3) is 0.500. The van der Waals surface area contributed by atoms with Crippen molar-refractivity contribution in [3.63, 3.8) is 0 Å². The van der Waals surface area contributed by atoms with Gasteiger partial charge in [0.25, 0.3) is 0 Å². The zero-order valence-electron chi connectivity index (χ0n) is 10.2. The molecule has 0 aliphatic heterocycles. The molecule has 0 unspecified atom stereocenters. The van der Waals surface area contributed by atoms with Crippen LogP contribution >= 0.6 is 0 Å². The van der Waals surface area contributed by atoms with Crippen LogP contribution in [0.25, 0.3) is 0 Å². The molecule has 17 heavy (non-hydrogen) atoms. The Hall–Kier alpha value is -1.53. The summed E-state index contributed by atoms with van der Waals surface area (Å²) in [6, 6.07) is 9.70. The normalized spacial score (nSPS) is 11.8. The van der Waals surface area contributed by atoms with E-state index >= 15 is 0 Å². The molecule has 3 nitrogen and oxygen atoms in total. The van der Waals surface area contributed by atoms with Crippen LogP contribution < -0.4 is 4.74 Å². The second-order valence-corrected chi connectivity index (χ2v) is 4.01. The minimum Gasteiger partial charge on any atom is -0.494 e. The Morgan fingerprint density at radius 1 is 1.35 bits per heavy atom. The van der Waals surface area contributed by atoms with Gasteiger partial charge in [0.15, 0.2) is 0 Å². The highest BCUT2D eigenvalue weighted by atomic mass is 16.5. The molecule has 0 bridgehead atoms. The first-order valence-electron chi connectivity index (χ1n) is 6.02. The van der Waals surface area contributed by atoms with E-state index in [1.807, 2.05) is 24.3 Å². The molecule has 0 amide bonds. The van der Waals surface area contributed by atoms with Crippen molar-refractivity contribution in [2.24, 2.45) is 0 Å². The van der Waals surface area contributed by atoms with Crippen molar-refractivity contribution in [1.29, 1.82) is 5.26 Å². The summed E-state index contributed by atoms with van der Waals surface area (Å²) in [4.78, 5) is 0. The number of hydrogen-bond acceptors (Lipinski definition) is 3. The summed E-state index contributed by atoms with van der Waals surface area (Å²) in [6.45, 7) is 2.86. The van der Waals surface area contributed by atoms with E-state index in [9.17, 15) is 5.11 Å². The second-order valence-electron chi connectivity index (χ2n) is 4.01. The lowest BCUT2D eigenvalue weighted by atomic mass is 9.97. The zero-order chi connectivity index (χ0) is 12.5. The van der Waals surface area contributed by atoms with Gasteiger partial charge in [0.05, 0.1) is 19.3 Å². The highest BCUT2D eigenvalue weighted by Crippen LogP contribution is 2.21. The van der Waals surface area contributed by atoms with E-state index < -0.39 is 0 Å². The zero-order valence-corrected chi connectivity index (χ0v) is 10.2. The average Bonchev–Trinajstić information content (AvgIpc) is 2.37. The third kappa shape index (κ3) is 4.46. The second kappa shape index (κ2) is 7.70. The van der Waals surface area contributed by atoms with Crippen LogP contribution in [0, 0.1) is 11.3 Å². The number of aliphatic hydroxyl groups excluding tert-OH is 1. The third-order valence-corrected chi connectivity index (χ3v) is 2.68. The lowest BCUT2D eigenvalue weighted by molar-refractivity contribution is 0.266. The number of hydrogen-bond donors (Lipinski definition) is 1. The summed E-state index contributed by atoms with van der Waals surface area (Å²) in [7, 11) is 0. The van der Waals surface area contributed by atoms with Crippen LogP contribution in [0.2, 0.25) is 0 Å². The SMILES string of the molecule is CCCCOc1ccc([C@H](CO)CC#N)cc1. The summed E-state index contributed by atoms with van der Waals surface area (Å²) in [6.07, 6.45) is 2.51. The number of nitrogens with zero attached hydrogens (tertiary/aromatic N) is 1. The number of nitriles is 1. The third-order valence-electron chi connectivity index (χ3n) is 2.68. The summed E-state index contributed by atoms with van der Waals surface area (Å²) in [5, 5.41) is 17.8. The van der Waals surface area contributed by atoms with E-state index in [-0.39, 0.29) is 12.5 Å². The molecule has 92 valence electrons. The van der Waals surface area contributed by atoms with Crippen LogP contribution in [-0.2, 0) is 0 Å². The molecule has 1 aromatic rings. The largest absolute Gasteiger partial charge is 0.494 e. The van der Waals surface area contributed by atoms with Crippen LogP contribution in [0.3, 0.4) is 0 Å². The molecule has 1 atom stereocenters. The number of aliphatic hydroxyl groups is 1. The first kappa shape index (κ1) is 13.5. The van der Waals surface area contributed by atoms with Gasteiger partial charge in [-0.05, 0) is 24.1 Å². The van der Waals surface area contributed by atoms with E-state index in [1.165, 1.54) is 0 Å². The first-order valence-corrected chi connectivity index (χ1v) is 6.02. The molecule has 0 aliphatic carbocycles. The van der Waals surface area contributed by atoms with Gasteiger partial charge in [0, 0.05) is 12.3 Å². The average molecular weight is 233 g/mol. The van der Waals surface area contributed by atoms with Crippen molar-refractivity contribution >= 4 is 0 Å². The minimum absolute atomic E-state index is 0.00357. The van der Waals surface area contributed by atoms with E-state index in [0.717, 1.165) is 30.8 Å². The molecule has 1 N–H and O–H groups in total. The van der Waals surface area contributed by atoms with Gasteiger partial charge in [-0.25, -0.2) is 0 Å². The molecule has 3 heteroatoms. The number of ether oxygens (including phenoxy) is 1. The van der Waals surface area contributed by atoms with E-state index in [0.29, 0.717) is 6.42 Å². The maximum atomic E-state index is 9.17. The predicted molar refractivity (Wildman–Crippen MR) is 66.9 cm³/mol. The Morgan fingerprint density at radius 2 is 2.06 bits per heavy atom. The van der Waals surface area contributed by atoms with E-state index in [1.54, 1.807) is 0 Å². The molecule has 0 radical (unpaired) electrons. The molecule has 0 aromatic heterocycles. The number of unbranched alkanes of at least 4 members (excludes halogenated alkanes) is 1. The fourth-order valence-electron chi connectivity index (χ4n) is 1.57. The number of benzene rings is 1. The number of rotatable bonds is 7. The van der Waals surface area contributed by atoms with Crippen molar-refractivity contribution in [3.8, 4) is 11.8 Å². The van der Waals surface area contributed by atoms with Crippen molar-refractivity contribution in [1.82, 2.24) is 0 Å². The Bertz CT molecular complexity index is 353. The van der Waals surface area contributed by atoms with Crippen molar-refractivity contribution in [3.05, 3.63) is 29.8 Å². The van der Waals surface area contributed by atoms with Crippen LogP contribution in [0.4, 0.5) is 0 Å². The van der Waals surface area contributed by atoms with Gasteiger partial charge in [-0.3, -0.25) is 0 Å². The van der Waals surface area contributed by atoms with Crippen LogP contribution in [0.15, 0.2) is 24.3 Å². The molecule has 0 spiro atoms. The quantitative estimate of drug-likeness (QED) is 0.737. The van der Waals surface area contributed by atoms with Crippen LogP contribution in [0.5, 0.6) is 5.75 Å². The van der Waals surface area contributed by atoms with Gasteiger partial charge in [-0.1, -0.05) is 25.5 Å². The maximum absolute atomic E-state index is 9.17. The van der Waals surface area contributed by atoms with Crippen molar-refractivity contribution < 1.29 is 9.84 Å². The lowest BCUT2D eigenvalue weighted by Crippen LogP contribution is -2.03. The molecule has 1 aromatic carbocycles. The predicted octanol–water partition coefficient (Wildman–Crippen LogP) is 2.86. The fourth-order valence-corrected chi connectivity index (χ4v) is 1.57. The maximum Gasteiger partial charge on any atom is 0.119 e. The topological polar surface area (TPSA) is 53.2 Å². The van der Waals surface area contributed by atoms with E-state index in [4.69, 9.17) is 10.00 Å². The molecule has 0 aliphatic rings. The van der Waals surface area contributed by atoms with Crippen LogP contribution in [-0.4, -0.2) is 18.3 Å².